The highest BCUT2D eigenvalue weighted by atomic mass is 16.2. The van der Waals surface area contributed by atoms with Gasteiger partial charge in [0.1, 0.15) is 0 Å². The molecule has 1 amide bonds. The summed E-state index contributed by atoms with van der Waals surface area (Å²) in [5, 5.41) is 4.14. The Kier molecular flexibility index (Phi) is 6.12. The van der Waals surface area contributed by atoms with E-state index in [1.54, 1.807) is 0 Å². The van der Waals surface area contributed by atoms with Gasteiger partial charge in [-0.3, -0.25) is 14.5 Å². The Labute approximate surface area is 144 Å². The van der Waals surface area contributed by atoms with Crippen LogP contribution in [-0.2, 0) is 31.4 Å². The highest BCUT2D eigenvalue weighted by molar-refractivity contribution is 5.76. The zero-order valence-electron chi connectivity index (χ0n) is 15.4. The average molecular weight is 328 g/mol. The first-order chi connectivity index (χ1) is 11.5. The van der Waals surface area contributed by atoms with E-state index in [-0.39, 0.29) is 5.91 Å². The van der Waals surface area contributed by atoms with E-state index in [1.165, 1.54) is 22.4 Å². The first-order valence-electron chi connectivity index (χ1n) is 8.68. The zero-order chi connectivity index (χ0) is 17.7. The highest BCUT2D eigenvalue weighted by Gasteiger charge is 2.24. The van der Waals surface area contributed by atoms with E-state index >= 15 is 0 Å². The second-order valence-corrected chi connectivity index (χ2v) is 6.43. The Bertz CT molecular complexity index is 690. The molecule has 130 valence electrons. The van der Waals surface area contributed by atoms with E-state index < -0.39 is 0 Å². The van der Waals surface area contributed by atoms with Crippen LogP contribution in [-0.4, -0.2) is 25.6 Å². The Balaban J connectivity index is 0.000000177. The van der Waals surface area contributed by atoms with Gasteiger partial charge >= 0.3 is 0 Å². The zero-order valence-corrected chi connectivity index (χ0v) is 15.4. The third-order valence-corrected chi connectivity index (χ3v) is 4.45. The first kappa shape index (κ1) is 18.2. The summed E-state index contributed by atoms with van der Waals surface area (Å²) in [6.45, 7) is 9.95. The molecule has 3 rings (SSSR count). The lowest BCUT2D eigenvalue weighted by Gasteiger charge is -2.14. The van der Waals surface area contributed by atoms with Crippen molar-refractivity contribution in [3.8, 4) is 0 Å². The number of nitrogens with zero attached hydrogens (tertiary/aromatic N) is 4. The number of pyridine rings is 1. The van der Waals surface area contributed by atoms with Crippen molar-refractivity contribution in [3.63, 3.8) is 0 Å². The van der Waals surface area contributed by atoms with Crippen LogP contribution in [0.2, 0.25) is 0 Å². The van der Waals surface area contributed by atoms with E-state index in [0.29, 0.717) is 12.3 Å². The minimum absolute atomic E-state index is 0.219. The van der Waals surface area contributed by atoms with Gasteiger partial charge in [0.05, 0.1) is 18.4 Å². The summed E-state index contributed by atoms with van der Waals surface area (Å²) in [4.78, 5) is 17.4. The third kappa shape index (κ3) is 4.02. The lowest BCUT2D eigenvalue weighted by Crippen LogP contribution is -2.24. The number of hydrogen-bond donors (Lipinski definition) is 0. The van der Waals surface area contributed by atoms with Crippen molar-refractivity contribution in [1.29, 1.82) is 0 Å². The molecule has 5 heteroatoms. The number of rotatable bonds is 3. The molecule has 1 aliphatic rings. The van der Waals surface area contributed by atoms with Crippen LogP contribution in [0.4, 0.5) is 0 Å². The van der Waals surface area contributed by atoms with Crippen LogP contribution in [0.1, 0.15) is 62.4 Å². The van der Waals surface area contributed by atoms with Gasteiger partial charge in [0.15, 0.2) is 0 Å². The second kappa shape index (κ2) is 8.08. The van der Waals surface area contributed by atoms with E-state index in [2.05, 4.69) is 36.9 Å². The number of aromatic nitrogens is 3. The number of aryl methyl sites for hydroxylation is 2. The van der Waals surface area contributed by atoms with Crippen molar-refractivity contribution < 1.29 is 4.79 Å². The predicted octanol–water partition coefficient (Wildman–Crippen LogP) is 3.44. The van der Waals surface area contributed by atoms with Crippen molar-refractivity contribution in [3.05, 3.63) is 47.0 Å². The van der Waals surface area contributed by atoms with Crippen molar-refractivity contribution in [2.45, 2.75) is 59.5 Å². The standard InChI is InChI=1S/C10H15N.C9H13N3O/c1-4-9-7-11-6-5-10(9)8(2)3;1-3-9(13)12-5-7-4-10-11(2)8(7)6-12/h5-8H,4H2,1-3H3;4H,3,5-6H2,1-2H3. The number of carbonyl (C=O) groups excluding carboxylic acids is 1. The third-order valence-electron chi connectivity index (χ3n) is 4.45. The van der Waals surface area contributed by atoms with Crippen LogP contribution >= 0.6 is 0 Å². The fourth-order valence-corrected chi connectivity index (χ4v) is 2.98. The molecule has 1 aliphatic heterocycles. The average Bonchev–Trinajstić information content (AvgIpc) is 3.17. The lowest BCUT2D eigenvalue weighted by atomic mass is 9.98. The summed E-state index contributed by atoms with van der Waals surface area (Å²) in [5.41, 5.74) is 5.16. The number of fused-ring (bicyclic) bond motifs is 1. The molecular formula is C19H28N4O. The molecule has 5 nitrogen and oxygen atoms in total. The van der Waals surface area contributed by atoms with Crippen molar-refractivity contribution >= 4 is 5.91 Å². The molecule has 0 unspecified atom stereocenters. The summed E-state index contributed by atoms with van der Waals surface area (Å²) >= 11 is 0. The fourth-order valence-electron chi connectivity index (χ4n) is 2.98. The highest BCUT2D eigenvalue weighted by Crippen LogP contribution is 2.22. The van der Waals surface area contributed by atoms with Crippen LogP contribution < -0.4 is 0 Å². The van der Waals surface area contributed by atoms with Gasteiger partial charge in [-0.1, -0.05) is 27.7 Å². The van der Waals surface area contributed by atoms with Gasteiger partial charge in [0, 0.05) is 38.0 Å². The molecule has 2 aromatic heterocycles. The molecule has 0 N–H and O–H groups in total. The molecule has 0 saturated carbocycles. The van der Waals surface area contributed by atoms with E-state index in [0.717, 1.165) is 19.5 Å². The summed E-state index contributed by atoms with van der Waals surface area (Å²) < 4.78 is 1.85. The Morgan fingerprint density at radius 2 is 2.00 bits per heavy atom. The SMILES string of the molecule is CCC(=O)N1Cc2cnn(C)c2C1.CCc1cnccc1C(C)C. The van der Waals surface area contributed by atoms with Crippen LogP contribution in [0.15, 0.2) is 24.7 Å². The Morgan fingerprint density at radius 3 is 2.54 bits per heavy atom. The summed E-state index contributed by atoms with van der Waals surface area (Å²) in [6.07, 6.45) is 7.35. The lowest BCUT2D eigenvalue weighted by molar-refractivity contribution is -0.131. The van der Waals surface area contributed by atoms with Gasteiger partial charge in [0.25, 0.3) is 0 Å². The monoisotopic (exact) mass is 328 g/mol. The Morgan fingerprint density at radius 1 is 1.25 bits per heavy atom. The molecule has 3 heterocycles. The van der Waals surface area contributed by atoms with Gasteiger partial charge in [-0.15, -0.1) is 0 Å². The minimum Gasteiger partial charge on any atom is -0.332 e. The maximum atomic E-state index is 11.4. The number of carbonyl (C=O) groups is 1. The minimum atomic E-state index is 0.219. The summed E-state index contributed by atoms with van der Waals surface area (Å²) in [7, 11) is 1.92. The number of amides is 1. The molecular weight excluding hydrogens is 300 g/mol. The van der Waals surface area contributed by atoms with Crippen molar-refractivity contribution in [2.24, 2.45) is 7.05 Å². The molecule has 0 spiro atoms. The van der Waals surface area contributed by atoms with Crippen LogP contribution in [0.25, 0.3) is 0 Å². The van der Waals surface area contributed by atoms with E-state index in [1.807, 2.05) is 42.1 Å². The molecule has 0 radical (unpaired) electrons. The smallest absolute Gasteiger partial charge is 0.222 e. The molecule has 0 aliphatic carbocycles. The molecule has 0 fully saturated rings. The summed E-state index contributed by atoms with van der Waals surface area (Å²) in [6, 6.07) is 2.11. The normalized spacial score (nSPS) is 12.8. The fraction of sp³-hybridized carbons (Fsp3) is 0.526. The largest absolute Gasteiger partial charge is 0.332 e. The van der Waals surface area contributed by atoms with Gasteiger partial charge in [-0.2, -0.15) is 5.10 Å². The first-order valence-corrected chi connectivity index (χ1v) is 8.68. The molecule has 0 atom stereocenters. The van der Waals surface area contributed by atoms with Gasteiger partial charge < -0.3 is 4.90 Å². The van der Waals surface area contributed by atoms with Gasteiger partial charge in [-0.05, 0) is 29.5 Å². The molecule has 0 aromatic carbocycles. The summed E-state index contributed by atoms with van der Waals surface area (Å²) in [5.74, 6) is 0.837. The molecule has 0 saturated heterocycles. The predicted molar refractivity (Wildman–Crippen MR) is 95.5 cm³/mol. The van der Waals surface area contributed by atoms with Crippen LogP contribution in [0, 0.1) is 0 Å². The van der Waals surface area contributed by atoms with E-state index in [4.69, 9.17) is 0 Å². The second-order valence-electron chi connectivity index (χ2n) is 6.43. The molecule has 24 heavy (non-hydrogen) atoms. The van der Waals surface area contributed by atoms with Gasteiger partial charge in [0.2, 0.25) is 5.91 Å². The Hall–Kier alpha value is -2.17. The van der Waals surface area contributed by atoms with Crippen molar-refractivity contribution in [1.82, 2.24) is 19.7 Å². The topological polar surface area (TPSA) is 51.0 Å². The maximum Gasteiger partial charge on any atom is 0.222 e. The quantitative estimate of drug-likeness (QED) is 0.867. The van der Waals surface area contributed by atoms with Crippen molar-refractivity contribution in [2.75, 3.05) is 0 Å². The molecule has 0 bridgehead atoms. The molecule has 2 aromatic rings. The maximum absolute atomic E-state index is 11.4. The van der Waals surface area contributed by atoms with Crippen LogP contribution in [0.3, 0.4) is 0 Å². The number of hydrogen-bond acceptors (Lipinski definition) is 3. The van der Waals surface area contributed by atoms with Crippen LogP contribution in [0.5, 0.6) is 0 Å². The van der Waals surface area contributed by atoms with Gasteiger partial charge in [-0.25, -0.2) is 0 Å². The van der Waals surface area contributed by atoms with E-state index in [9.17, 15) is 4.79 Å².